The van der Waals surface area contributed by atoms with Crippen LogP contribution in [-0.2, 0) is 14.3 Å². The molecule has 1 aromatic carbocycles. The van der Waals surface area contributed by atoms with Crippen LogP contribution < -0.4 is 0 Å². The van der Waals surface area contributed by atoms with E-state index in [-0.39, 0.29) is 11.9 Å². The number of thiocarbonyl (C=S) groups is 1. The number of rotatable bonds is 7. The van der Waals surface area contributed by atoms with Crippen LogP contribution in [0.4, 0.5) is 0 Å². The van der Waals surface area contributed by atoms with Gasteiger partial charge in [0.2, 0.25) is 0 Å². The summed E-state index contributed by atoms with van der Waals surface area (Å²) < 4.78 is 5.20. The fourth-order valence-corrected chi connectivity index (χ4v) is 3.52. The van der Waals surface area contributed by atoms with Crippen molar-refractivity contribution in [3.05, 3.63) is 40.8 Å². The number of thioether (sulfide) groups is 1. The molecule has 4 nitrogen and oxygen atoms in total. The van der Waals surface area contributed by atoms with E-state index in [1.54, 1.807) is 4.90 Å². The second-order valence-corrected chi connectivity index (χ2v) is 6.81. The zero-order valence-electron chi connectivity index (χ0n) is 13.0. The number of carbonyl (C=O) groups is 2. The second kappa shape index (κ2) is 8.84. The zero-order chi connectivity index (χ0) is 16.7. The Hall–Kier alpha value is -1.66. The van der Waals surface area contributed by atoms with Crippen LogP contribution in [0, 0.1) is 0 Å². The predicted molar refractivity (Wildman–Crippen MR) is 96.8 cm³/mol. The van der Waals surface area contributed by atoms with Crippen molar-refractivity contribution in [1.82, 2.24) is 4.90 Å². The summed E-state index contributed by atoms with van der Waals surface area (Å²) in [5.74, 6) is -0.224. The average Bonchev–Trinajstić information content (AvgIpc) is 2.82. The third-order valence-electron chi connectivity index (χ3n) is 3.46. The molecule has 23 heavy (non-hydrogen) atoms. The molecular formula is C17H19NO3S2. The van der Waals surface area contributed by atoms with Gasteiger partial charge in [-0.15, -0.1) is 0 Å². The van der Waals surface area contributed by atoms with Gasteiger partial charge in [-0.1, -0.05) is 60.7 Å². The van der Waals surface area contributed by atoms with E-state index in [2.05, 4.69) is 4.74 Å². The summed E-state index contributed by atoms with van der Waals surface area (Å²) in [5, 5.41) is 0. The topological polar surface area (TPSA) is 46.6 Å². The lowest BCUT2D eigenvalue weighted by atomic mass is 10.2. The molecule has 1 aliphatic rings. The van der Waals surface area contributed by atoms with Crippen molar-refractivity contribution in [2.75, 3.05) is 13.7 Å². The molecule has 0 bridgehead atoms. The van der Waals surface area contributed by atoms with Crippen LogP contribution in [-0.4, -0.2) is 34.8 Å². The molecule has 1 heterocycles. The van der Waals surface area contributed by atoms with E-state index < -0.39 is 0 Å². The first-order chi connectivity index (χ1) is 11.1. The maximum Gasteiger partial charge on any atom is 0.305 e. The van der Waals surface area contributed by atoms with Crippen LogP contribution in [0.15, 0.2) is 35.2 Å². The fourth-order valence-electron chi connectivity index (χ4n) is 2.21. The standard InChI is InChI=1S/C17H19NO3S2/c1-21-15(19)10-6-3-7-11-18-16(20)14(23-17(18)22)12-13-8-4-2-5-9-13/h2,4-5,8-9,12H,3,6-7,10-11H2,1H3/b14-12+. The van der Waals surface area contributed by atoms with Crippen LogP contribution in [0.5, 0.6) is 0 Å². The molecule has 1 aromatic rings. The lowest BCUT2D eigenvalue weighted by Gasteiger charge is -2.13. The van der Waals surface area contributed by atoms with E-state index in [1.165, 1.54) is 18.9 Å². The van der Waals surface area contributed by atoms with Gasteiger partial charge in [-0.25, -0.2) is 0 Å². The van der Waals surface area contributed by atoms with Crippen molar-refractivity contribution in [2.24, 2.45) is 0 Å². The largest absolute Gasteiger partial charge is 0.469 e. The van der Waals surface area contributed by atoms with Crippen molar-refractivity contribution in [1.29, 1.82) is 0 Å². The molecule has 1 aliphatic heterocycles. The Labute approximate surface area is 145 Å². The highest BCUT2D eigenvalue weighted by Gasteiger charge is 2.31. The molecule has 1 amide bonds. The molecule has 0 unspecified atom stereocenters. The number of hydrogen-bond acceptors (Lipinski definition) is 5. The summed E-state index contributed by atoms with van der Waals surface area (Å²) in [7, 11) is 1.39. The summed E-state index contributed by atoms with van der Waals surface area (Å²) in [6.07, 6.45) is 4.74. The molecule has 6 heteroatoms. The first-order valence-corrected chi connectivity index (χ1v) is 8.71. The van der Waals surface area contributed by atoms with Gasteiger partial charge in [-0.05, 0) is 24.5 Å². The molecule has 1 fully saturated rings. The molecule has 0 atom stereocenters. The van der Waals surface area contributed by atoms with E-state index in [4.69, 9.17) is 12.2 Å². The van der Waals surface area contributed by atoms with Crippen molar-refractivity contribution < 1.29 is 14.3 Å². The van der Waals surface area contributed by atoms with Gasteiger partial charge in [0.1, 0.15) is 4.32 Å². The van der Waals surface area contributed by atoms with Crippen molar-refractivity contribution >= 4 is 46.3 Å². The van der Waals surface area contributed by atoms with Crippen molar-refractivity contribution in [3.63, 3.8) is 0 Å². The summed E-state index contributed by atoms with van der Waals surface area (Å²) in [4.78, 5) is 25.8. The quantitative estimate of drug-likeness (QED) is 0.326. The Bertz CT molecular complexity index is 614. The normalized spacial score (nSPS) is 16.2. The fraction of sp³-hybridized carbons (Fsp3) is 0.353. The molecule has 0 saturated carbocycles. The second-order valence-electron chi connectivity index (χ2n) is 5.13. The van der Waals surface area contributed by atoms with Gasteiger partial charge in [-0.2, -0.15) is 0 Å². The van der Waals surface area contributed by atoms with E-state index in [1.807, 2.05) is 36.4 Å². The predicted octanol–water partition coefficient (Wildman–Crippen LogP) is 3.62. The minimum atomic E-state index is -0.193. The van der Waals surface area contributed by atoms with E-state index in [9.17, 15) is 9.59 Å². The minimum absolute atomic E-state index is 0.0307. The number of hydrogen-bond donors (Lipinski definition) is 0. The number of ether oxygens (including phenoxy) is 1. The molecule has 2 rings (SSSR count). The summed E-state index contributed by atoms with van der Waals surface area (Å²) in [6, 6.07) is 9.73. The Kier molecular flexibility index (Phi) is 6.80. The number of benzene rings is 1. The molecule has 1 saturated heterocycles. The van der Waals surface area contributed by atoms with Gasteiger partial charge in [0.25, 0.3) is 5.91 Å². The Morgan fingerprint density at radius 3 is 2.70 bits per heavy atom. The Morgan fingerprint density at radius 1 is 1.26 bits per heavy atom. The third kappa shape index (κ3) is 5.18. The highest BCUT2D eigenvalue weighted by atomic mass is 32.2. The zero-order valence-corrected chi connectivity index (χ0v) is 14.6. The highest BCUT2D eigenvalue weighted by Crippen LogP contribution is 2.32. The number of methoxy groups -OCH3 is 1. The van der Waals surface area contributed by atoms with E-state index >= 15 is 0 Å². The monoisotopic (exact) mass is 349 g/mol. The van der Waals surface area contributed by atoms with Crippen LogP contribution in [0.1, 0.15) is 31.2 Å². The van der Waals surface area contributed by atoms with Crippen LogP contribution in [0.25, 0.3) is 6.08 Å². The molecule has 0 aromatic heterocycles. The van der Waals surface area contributed by atoms with Gasteiger partial charge in [-0.3, -0.25) is 14.5 Å². The molecule has 0 aliphatic carbocycles. The Balaban J connectivity index is 1.84. The summed E-state index contributed by atoms with van der Waals surface area (Å²) in [6.45, 7) is 0.595. The van der Waals surface area contributed by atoms with E-state index in [0.717, 1.165) is 24.8 Å². The smallest absolute Gasteiger partial charge is 0.305 e. The maximum atomic E-state index is 12.4. The molecule has 122 valence electrons. The highest BCUT2D eigenvalue weighted by molar-refractivity contribution is 8.26. The number of unbranched alkanes of at least 4 members (excludes halogenated alkanes) is 2. The number of carbonyl (C=O) groups excluding carboxylic acids is 2. The summed E-state index contributed by atoms with van der Waals surface area (Å²) in [5.41, 5.74) is 0.992. The van der Waals surface area contributed by atoms with Gasteiger partial charge in [0.05, 0.1) is 12.0 Å². The molecule has 0 radical (unpaired) electrons. The first-order valence-electron chi connectivity index (χ1n) is 7.49. The SMILES string of the molecule is COC(=O)CCCCCN1C(=O)/C(=C\c2ccccc2)SC1=S. The minimum Gasteiger partial charge on any atom is -0.469 e. The number of nitrogens with zero attached hydrogens (tertiary/aromatic N) is 1. The van der Waals surface area contributed by atoms with Crippen LogP contribution >= 0.6 is 24.0 Å². The van der Waals surface area contributed by atoms with Crippen molar-refractivity contribution in [3.8, 4) is 0 Å². The lowest BCUT2D eigenvalue weighted by molar-refractivity contribution is -0.140. The van der Waals surface area contributed by atoms with E-state index in [0.29, 0.717) is 22.2 Å². The van der Waals surface area contributed by atoms with Gasteiger partial charge in [0, 0.05) is 13.0 Å². The van der Waals surface area contributed by atoms with Crippen molar-refractivity contribution in [2.45, 2.75) is 25.7 Å². The molecular weight excluding hydrogens is 330 g/mol. The molecule has 0 N–H and O–H groups in total. The van der Waals surface area contributed by atoms with Gasteiger partial charge < -0.3 is 4.74 Å². The number of amides is 1. The van der Waals surface area contributed by atoms with Crippen LogP contribution in [0.3, 0.4) is 0 Å². The van der Waals surface area contributed by atoms with Gasteiger partial charge >= 0.3 is 5.97 Å². The molecule has 0 spiro atoms. The Morgan fingerprint density at radius 2 is 2.00 bits per heavy atom. The maximum absolute atomic E-state index is 12.4. The van der Waals surface area contributed by atoms with Gasteiger partial charge in [0.15, 0.2) is 0 Å². The lowest BCUT2D eigenvalue weighted by Crippen LogP contribution is -2.29. The summed E-state index contributed by atoms with van der Waals surface area (Å²) >= 11 is 6.65. The number of esters is 1. The van der Waals surface area contributed by atoms with Crippen LogP contribution in [0.2, 0.25) is 0 Å². The third-order valence-corrected chi connectivity index (χ3v) is 4.84. The average molecular weight is 349 g/mol. The first kappa shape index (κ1) is 17.7.